The van der Waals surface area contributed by atoms with Crippen molar-refractivity contribution in [3.63, 3.8) is 0 Å². The van der Waals surface area contributed by atoms with Crippen LogP contribution in [-0.4, -0.2) is 26.7 Å². The zero-order valence-electron chi connectivity index (χ0n) is 14.5. The Bertz CT molecular complexity index is 703. The summed E-state index contributed by atoms with van der Waals surface area (Å²) in [6.45, 7) is 2.09. The average molecular weight is 347 g/mol. The summed E-state index contributed by atoms with van der Waals surface area (Å²) in [5.41, 5.74) is 0.858. The van der Waals surface area contributed by atoms with Crippen LogP contribution in [0.5, 0.6) is 17.2 Å². The predicted molar refractivity (Wildman–Crippen MR) is 92.6 cm³/mol. The predicted octanol–water partition coefficient (Wildman–Crippen LogP) is 3.49. The number of carbonyl (C=O) groups excluding carboxylic acids is 1. The Morgan fingerprint density at radius 2 is 1.76 bits per heavy atom. The number of methoxy groups -OCH3 is 2. The SMILES string of the molecule is COc1ccc(C(C)NC(=O)CCOc2ccc(F)cc2)c(OC)c1. The van der Waals surface area contributed by atoms with Gasteiger partial charge in [-0.25, -0.2) is 4.39 Å². The summed E-state index contributed by atoms with van der Waals surface area (Å²) in [7, 11) is 3.16. The molecule has 0 aliphatic carbocycles. The lowest BCUT2D eigenvalue weighted by Crippen LogP contribution is -2.28. The van der Waals surface area contributed by atoms with Crippen LogP contribution in [0.3, 0.4) is 0 Å². The van der Waals surface area contributed by atoms with Crippen molar-refractivity contribution in [3.8, 4) is 17.2 Å². The van der Waals surface area contributed by atoms with E-state index in [2.05, 4.69) is 5.32 Å². The summed E-state index contributed by atoms with van der Waals surface area (Å²) in [6.07, 6.45) is 0.195. The van der Waals surface area contributed by atoms with Crippen molar-refractivity contribution >= 4 is 5.91 Å². The van der Waals surface area contributed by atoms with E-state index in [-0.39, 0.29) is 30.8 Å². The molecule has 0 saturated heterocycles. The molecule has 2 aromatic rings. The lowest BCUT2D eigenvalue weighted by Gasteiger charge is -2.18. The largest absolute Gasteiger partial charge is 0.497 e. The molecule has 0 aliphatic heterocycles. The van der Waals surface area contributed by atoms with Crippen LogP contribution in [0.4, 0.5) is 4.39 Å². The van der Waals surface area contributed by atoms with Crippen LogP contribution in [0.25, 0.3) is 0 Å². The number of hydrogen-bond acceptors (Lipinski definition) is 4. The maximum Gasteiger partial charge on any atom is 0.223 e. The number of carbonyl (C=O) groups is 1. The summed E-state index contributed by atoms with van der Waals surface area (Å²) in [5.74, 6) is 1.39. The second-order valence-electron chi connectivity index (χ2n) is 5.45. The third-order valence-electron chi connectivity index (χ3n) is 3.70. The Labute approximate surface area is 146 Å². The number of hydrogen-bond donors (Lipinski definition) is 1. The Balaban J connectivity index is 1.86. The zero-order chi connectivity index (χ0) is 18.2. The van der Waals surface area contributed by atoms with Gasteiger partial charge in [-0.2, -0.15) is 0 Å². The van der Waals surface area contributed by atoms with E-state index in [0.717, 1.165) is 5.56 Å². The molecule has 0 radical (unpaired) electrons. The molecule has 0 saturated carbocycles. The van der Waals surface area contributed by atoms with E-state index in [1.807, 2.05) is 19.1 Å². The van der Waals surface area contributed by atoms with E-state index < -0.39 is 0 Å². The van der Waals surface area contributed by atoms with Crippen LogP contribution in [0.1, 0.15) is 24.9 Å². The highest BCUT2D eigenvalue weighted by molar-refractivity contribution is 5.76. The third-order valence-corrected chi connectivity index (χ3v) is 3.70. The van der Waals surface area contributed by atoms with Crippen LogP contribution in [0.15, 0.2) is 42.5 Å². The molecule has 1 amide bonds. The Morgan fingerprint density at radius 1 is 1.08 bits per heavy atom. The molecule has 0 aromatic heterocycles. The molecule has 1 atom stereocenters. The highest BCUT2D eigenvalue weighted by atomic mass is 19.1. The Morgan fingerprint density at radius 3 is 2.40 bits per heavy atom. The van der Waals surface area contributed by atoms with Gasteiger partial charge in [0, 0.05) is 11.6 Å². The maximum absolute atomic E-state index is 12.8. The number of benzene rings is 2. The van der Waals surface area contributed by atoms with E-state index in [4.69, 9.17) is 14.2 Å². The quantitative estimate of drug-likeness (QED) is 0.794. The highest BCUT2D eigenvalue weighted by Crippen LogP contribution is 2.29. The maximum atomic E-state index is 12.8. The van der Waals surface area contributed by atoms with E-state index in [0.29, 0.717) is 17.2 Å². The van der Waals surface area contributed by atoms with Gasteiger partial charge < -0.3 is 19.5 Å². The van der Waals surface area contributed by atoms with E-state index in [9.17, 15) is 9.18 Å². The molecule has 0 heterocycles. The molecule has 0 aliphatic rings. The Kier molecular flexibility index (Phi) is 6.62. The second kappa shape index (κ2) is 8.92. The van der Waals surface area contributed by atoms with Crippen molar-refractivity contribution in [2.75, 3.05) is 20.8 Å². The van der Waals surface area contributed by atoms with Crippen LogP contribution < -0.4 is 19.5 Å². The van der Waals surface area contributed by atoms with Crippen molar-refractivity contribution in [1.29, 1.82) is 0 Å². The summed E-state index contributed by atoms with van der Waals surface area (Å²) in [4.78, 5) is 12.1. The molecule has 1 N–H and O–H groups in total. The van der Waals surface area contributed by atoms with Gasteiger partial charge in [-0.05, 0) is 43.3 Å². The monoisotopic (exact) mass is 347 g/mol. The van der Waals surface area contributed by atoms with Crippen molar-refractivity contribution in [2.45, 2.75) is 19.4 Å². The molecule has 1 unspecified atom stereocenters. The smallest absolute Gasteiger partial charge is 0.223 e. The minimum Gasteiger partial charge on any atom is -0.497 e. The number of halogens is 1. The average Bonchev–Trinajstić information content (AvgIpc) is 2.62. The fraction of sp³-hybridized carbons (Fsp3) is 0.316. The van der Waals surface area contributed by atoms with Crippen molar-refractivity contribution in [1.82, 2.24) is 5.32 Å². The van der Waals surface area contributed by atoms with Gasteiger partial charge in [-0.3, -0.25) is 4.79 Å². The van der Waals surface area contributed by atoms with Crippen LogP contribution in [0.2, 0.25) is 0 Å². The minimum atomic E-state index is -0.327. The molecule has 0 spiro atoms. The molecule has 2 aromatic carbocycles. The fourth-order valence-electron chi connectivity index (χ4n) is 2.36. The van der Waals surface area contributed by atoms with Gasteiger partial charge in [-0.15, -0.1) is 0 Å². The lowest BCUT2D eigenvalue weighted by molar-refractivity contribution is -0.122. The van der Waals surface area contributed by atoms with Crippen molar-refractivity contribution < 1.29 is 23.4 Å². The fourth-order valence-corrected chi connectivity index (χ4v) is 2.36. The van der Waals surface area contributed by atoms with Gasteiger partial charge in [0.1, 0.15) is 23.1 Å². The zero-order valence-corrected chi connectivity index (χ0v) is 14.5. The number of ether oxygens (including phenoxy) is 3. The van der Waals surface area contributed by atoms with Crippen molar-refractivity contribution in [3.05, 3.63) is 53.8 Å². The van der Waals surface area contributed by atoms with Crippen LogP contribution >= 0.6 is 0 Å². The first-order valence-electron chi connectivity index (χ1n) is 7.93. The van der Waals surface area contributed by atoms with Gasteiger partial charge in [-0.1, -0.05) is 0 Å². The molecular weight excluding hydrogens is 325 g/mol. The van der Waals surface area contributed by atoms with Gasteiger partial charge in [0.25, 0.3) is 0 Å². The second-order valence-corrected chi connectivity index (χ2v) is 5.45. The van der Waals surface area contributed by atoms with Gasteiger partial charge in [0.2, 0.25) is 5.91 Å². The lowest BCUT2D eigenvalue weighted by atomic mass is 10.1. The van der Waals surface area contributed by atoms with Crippen molar-refractivity contribution in [2.24, 2.45) is 0 Å². The molecule has 0 bridgehead atoms. The first-order chi connectivity index (χ1) is 12.0. The topological polar surface area (TPSA) is 56.8 Å². The normalized spacial score (nSPS) is 11.5. The standard InChI is InChI=1S/C19H22FNO4/c1-13(17-9-8-16(23-2)12-18(17)24-3)21-19(22)10-11-25-15-6-4-14(20)5-7-15/h4-9,12-13H,10-11H2,1-3H3,(H,21,22). The van der Waals surface area contributed by atoms with Crippen LogP contribution in [0, 0.1) is 5.82 Å². The van der Waals surface area contributed by atoms with Gasteiger partial charge in [0.05, 0.1) is 33.3 Å². The van der Waals surface area contributed by atoms with E-state index >= 15 is 0 Å². The molecule has 0 fully saturated rings. The number of rotatable bonds is 8. The third kappa shape index (κ3) is 5.38. The summed E-state index contributed by atoms with van der Waals surface area (Å²) in [5, 5.41) is 2.90. The summed E-state index contributed by atoms with van der Waals surface area (Å²) in [6, 6.07) is 10.9. The minimum absolute atomic E-state index is 0.146. The van der Waals surface area contributed by atoms with E-state index in [1.54, 1.807) is 20.3 Å². The van der Waals surface area contributed by atoms with Gasteiger partial charge in [0.15, 0.2) is 0 Å². The first-order valence-corrected chi connectivity index (χ1v) is 7.93. The first kappa shape index (κ1) is 18.6. The highest BCUT2D eigenvalue weighted by Gasteiger charge is 2.15. The summed E-state index contributed by atoms with van der Waals surface area (Å²) >= 11 is 0. The molecule has 2 rings (SSSR count). The molecule has 6 heteroatoms. The number of nitrogens with one attached hydrogen (secondary N) is 1. The molecule has 134 valence electrons. The molecule has 5 nitrogen and oxygen atoms in total. The number of amides is 1. The van der Waals surface area contributed by atoms with Gasteiger partial charge >= 0.3 is 0 Å². The Hall–Kier alpha value is -2.76. The van der Waals surface area contributed by atoms with E-state index in [1.165, 1.54) is 24.3 Å². The summed E-state index contributed by atoms with van der Waals surface area (Å²) < 4.78 is 28.8. The van der Waals surface area contributed by atoms with Crippen LogP contribution in [-0.2, 0) is 4.79 Å². The molecular formula is C19H22FNO4. The molecule has 25 heavy (non-hydrogen) atoms.